The third-order valence-corrected chi connectivity index (χ3v) is 4.14. The van der Waals surface area contributed by atoms with Gasteiger partial charge in [0.2, 0.25) is 0 Å². The number of benzene rings is 1. The average molecular weight is 305 g/mol. The molecule has 1 aliphatic heterocycles. The highest BCUT2D eigenvalue weighted by atomic mass is 16.5. The maximum atomic E-state index is 12.2. The summed E-state index contributed by atoms with van der Waals surface area (Å²) in [7, 11) is 0. The van der Waals surface area contributed by atoms with E-state index in [-0.39, 0.29) is 29.6 Å². The maximum Gasteiger partial charge on any atom is 0.258 e. The Kier molecular flexibility index (Phi) is 4.81. The predicted octanol–water partition coefficient (Wildman–Crippen LogP) is 1.77. The molecule has 1 aliphatic rings. The van der Waals surface area contributed by atoms with Gasteiger partial charge in [-0.3, -0.25) is 4.79 Å². The SMILES string of the molecule is Cc1ccccc1OCC(=O)NC1CC(C)(C)[NH2+]C(C)(C)C1. The summed E-state index contributed by atoms with van der Waals surface area (Å²) in [6.07, 6.45) is 1.96. The summed E-state index contributed by atoms with van der Waals surface area (Å²) < 4.78 is 5.62. The molecule has 3 N–H and O–H groups in total. The molecule has 4 nitrogen and oxygen atoms in total. The fourth-order valence-electron chi connectivity index (χ4n) is 3.75. The molecular weight excluding hydrogens is 276 g/mol. The van der Waals surface area contributed by atoms with Gasteiger partial charge in [-0.15, -0.1) is 0 Å². The van der Waals surface area contributed by atoms with E-state index in [2.05, 4.69) is 38.3 Å². The molecule has 22 heavy (non-hydrogen) atoms. The molecule has 1 heterocycles. The van der Waals surface area contributed by atoms with Gasteiger partial charge in [0.05, 0.1) is 11.1 Å². The molecule has 1 amide bonds. The highest BCUT2D eigenvalue weighted by Gasteiger charge is 2.42. The van der Waals surface area contributed by atoms with Crippen molar-refractivity contribution < 1.29 is 14.8 Å². The van der Waals surface area contributed by atoms with Crippen LogP contribution in [0.3, 0.4) is 0 Å². The minimum absolute atomic E-state index is 0.0400. The van der Waals surface area contributed by atoms with E-state index in [4.69, 9.17) is 4.74 Å². The summed E-state index contributed by atoms with van der Waals surface area (Å²) >= 11 is 0. The number of carbonyl (C=O) groups excluding carboxylic acids is 1. The van der Waals surface area contributed by atoms with Crippen LogP contribution in [0.25, 0.3) is 0 Å². The number of ether oxygens (including phenoxy) is 1. The van der Waals surface area contributed by atoms with Crippen molar-refractivity contribution in [2.45, 2.75) is 64.6 Å². The van der Waals surface area contributed by atoms with E-state index in [1.807, 2.05) is 31.2 Å². The van der Waals surface area contributed by atoms with Crippen LogP contribution in [0, 0.1) is 6.92 Å². The quantitative estimate of drug-likeness (QED) is 0.891. The molecule has 0 aliphatic carbocycles. The van der Waals surface area contributed by atoms with E-state index in [0.29, 0.717) is 0 Å². The number of nitrogens with two attached hydrogens (primary N) is 1. The van der Waals surface area contributed by atoms with Crippen molar-refractivity contribution in [2.24, 2.45) is 0 Å². The zero-order valence-electron chi connectivity index (χ0n) is 14.4. The van der Waals surface area contributed by atoms with Crippen molar-refractivity contribution in [1.82, 2.24) is 5.32 Å². The molecule has 0 unspecified atom stereocenters. The van der Waals surface area contributed by atoms with Gasteiger partial charge in [0.1, 0.15) is 5.75 Å². The van der Waals surface area contributed by atoms with Crippen LogP contribution in [0.2, 0.25) is 0 Å². The van der Waals surface area contributed by atoms with Crippen LogP contribution >= 0.6 is 0 Å². The minimum atomic E-state index is -0.0400. The predicted molar refractivity (Wildman–Crippen MR) is 87.9 cm³/mol. The zero-order valence-corrected chi connectivity index (χ0v) is 14.4. The van der Waals surface area contributed by atoms with E-state index in [1.165, 1.54) is 0 Å². The van der Waals surface area contributed by atoms with E-state index < -0.39 is 0 Å². The number of carbonyl (C=O) groups is 1. The Morgan fingerprint density at radius 1 is 1.23 bits per heavy atom. The van der Waals surface area contributed by atoms with Gasteiger partial charge in [0.15, 0.2) is 6.61 Å². The number of piperidine rings is 1. The Hall–Kier alpha value is -1.55. The molecule has 1 fully saturated rings. The van der Waals surface area contributed by atoms with E-state index >= 15 is 0 Å². The first-order valence-corrected chi connectivity index (χ1v) is 8.02. The summed E-state index contributed by atoms with van der Waals surface area (Å²) in [6.45, 7) is 11.0. The maximum absolute atomic E-state index is 12.2. The minimum Gasteiger partial charge on any atom is -0.484 e. The molecule has 1 aromatic rings. The Morgan fingerprint density at radius 3 is 2.41 bits per heavy atom. The number of rotatable bonds is 4. The van der Waals surface area contributed by atoms with Gasteiger partial charge in [-0.2, -0.15) is 0 Å². The Balaban J connectivity index is 1.88. The first-order valence-electron chi connectivity index (χ1n) is 8.02. The lowest BCUT2D eigenvalue weighted by Crippen LogP contribution is -3.06. The molecule has 0 aromatic heterocycles. The normalized spacial score (nSPS) is 20.4. The molecule has 0 saturated carbocycles. The summed E-state index contributed by atoms with van der Waals surface area (Å²) in [6, 6.07) is 7.97. The summed E-state index contributed by atoms with van der Waals surface area (Å²) in [5.74, 6) is 0.733. The van der Waals surface area contributed by atoms with Crippen molar-refractivity contribution in [3.05, 3.63) is 29.8 Å². The van der Waals surface area contributed by atoms with E-state index in [1.54, 1.807) is 0 Å². The molecular formula is C18H29N2O2+. The molecule has 0 spiro atoms. The Bertz CT molecular complexity index is 522. The summed E-state index contributed by atoms with van der Waals surface area (Å²) in [5, 5.41) is 5.55. The second-order valence-corrected chi connectivity index (χ2v) is 7.85. The average Bonchev–Trinajstić information content (AvgIpc) is 2.33. The molecule has 0 bridgehead atoms. The van der Waals surface area contributed by atoms with Gasteiger partial charge in [0, 0.05) is 18.9 Å². The summed E-state index contributed by atoms with van der Waals surface area (Å²) in [4.78, 5) is 12.2. The van der Waals surface area contributed by atoms with Crippen LogP contribution in [0.5, 0.6) is 5.75 Å². The van der Waals surface area contributed by atoms with Gasteiger partial charge in [0.25, 0.3) is 5.91 Å². The standard InChI is InChI=1S/C18H28N2O2/c1-13-8-6-7-9-15(13)22-12-16(21)19-14-10-17(2,3)20-18(4,5)11-14/h6-9,14,20H,10-12H2,1-5H3,(H,19,21)/p+1. The van der Waals surface area contributed by atoms with Gasteiger partial charge < -0.3 is 15.4 Å². The Morgan fingerprint density at radius 2 is 1.82 bits per heavy atom. The lowest BCUT2D eigenvalue weighted by atomic mass is 9.79. The smallest absolute Gasteiger partial charge is 0.258 e. The number of para-hydroxylation sites is 1. The summed E-state index contributed by atoms with van der Waals surface area (Å²) in [5.41, 5.74) is 1.34. The third-order valence-electron chi connectivity index (χ3n) is 4.14. The van der Waals surface area contributed by atoms with E-state index in [9.17, 15) is 4.79 Å². The number of nitrogens with one attached hydrogen (secondary N) is 1. The molecule has 2 rings (SSSR count). The zero-order chi connectivity index (χ0) is 16.4. The van der Waals surface area contributed by atoms with Crippen LogP contribution in [0.15, 0.2) is 24.3 Å². The largest absolute Gasteiger partial charge is 0.484 e. The monoisotopic (exact) mass is 305 g/mol. The molecule has 1 aromatic carbocycles. The van der Waals surface area contributed by atoms with Crippen molar-refractivity contribution >= 4 is 5.91 Å². The van der Waals surface area contributed by atoms with Crippen LogP contribution in [-0.4, -0.2) is 29.6 Å². The lowest BCUT2D eigenvalue weighted by molar-refractivity contribution is -0.787. The molecule has 0 atom stereocenters. The topological polar surface area (TPSA) is 54.9 Å². The van der Waals surface area contributed by atoms with Crippen LogP contribution in [-0.2, 0) is 4.79 Å². The molecule has 122 valence electrons. The number of amides is 1. The molecule has 0 radical (unpaired) electrons. The van der Waals surface area contributed by atoms with Crippen LogP contribution in [0.4, 0.5) is 0 Å². The fourth-order valence-corrected chi connectivity index (χ4v) is 3.75. The van der Waals surface area contributed by atoms with Crippen molar-refractivity contribution in [3.63, 3.8) is 0 Å². The third kappa shape index (κ3) is 4.73. The number of aryl methyl sites for hydroxylation is 1. The highest BCUT2D eigenvalue weighted by Crippen LogP contribution is 2.22. The van der Waals surface area contributed by atoms with Gasteiger partial charge >= 0.3 is 0 Å². The van der Waals surface area contributed by atoms with Crippen molar-refractivity contribution in [1.29, 1.82) is 0 Å². The van der Waals surface area contributed by atoms with E-state index in [0.717, 1.165) is 24.2 Å². The van der Waals surface area contributed by atoms with Crippen LogP contribution < -0.4 is 15.4 Å². The fraction of sp³-hybridized carbons (Fsp3) is 0.611. The number of hydrogen-bond donors (Lipinski definition) is 2. The first kappa shape index (κ1) is 16.8. The Labute approximate surface area is 133 Å². The van der Waals surface area contributed by atoms with Crippen molar-refractivity contribution in [3.8, 4) is 5.75 Å². The number of quaternary nitrogens is 1. The first-order chi connectivity index (χ1) is 10.2. The highest BCUT2D eigenvalue weighted by molar-refractivity contribution is 5.77. The second kappa shape index (κ2) is 6.29. The molecule has 1 saturated heterocycles. The van der Waals surface area contributed by atoms with Gasteiger partial charge in [-0.1, -0.05) is 18.2 Å². The lowest BCUT2D eigenvalue weighted by Gasteiger charge is -2.43. The second-order valence-electron chi connectivity index (χ2n) is 7.85. The van der Waals surface area contributed by atoms with Crippen LogP contribution in [0.1, 0.15) is 46.1 Å². The molecule has 4 heteroatoms. The van der Waals surface area contributed by atoms with Crippen molar-refractivity contribution in [2.75, 3.05) is 6.61 Å². The van der Waals surface area contributed by atoms with Gasteiger partial charge in [-0.25, -0.2) is 0 Å². The van der Waals surface area contributed by atoms with Gasteiger partial charge in [-0.05, 0) is 46.2 Å². The number of hydrogen-bond acceptors (Lipinski definition) is 2.